The van der Waals surface area contributed by atoms with Crippen LogP contribution in [0.4, 0.5) is 8.78 Å². The quantitative estimate of drug-likeness (QED) is 0.841. The molecule has 3 nitrogen and oxygen atoms in total. The molecular formula is C12H15BrF2N2O. The van der Waals surface area contributed by atoms with Crippen molar-refractivity contribution in [1.82, 2.24) is 10.2 Å². The van der Waals surface area contributed by atoms with E-state index in [4.69, 9.17) is 0 Å². The highest BCUT2D eigenvalue weighted by atomic mass is 79.9. The lowest BCUT2D eigenvalue weighted by Gasteiger charge is -2.10. The Morgan fingerprint density at radius 3 is 2.61 bits per heavy atom. The van der Waals surface area contributed by atoms with Gasteiger partial charge in [-0.05, 0) is 42.2 Å². The van der Waals surface area contributed by atoms with Gasteiger partial charge in [-0.25, -0.2) is 8.78 Å². The van der Waals surface area contributed by atoms with Crippen molar-refractivity contribution in [3.05, 3.63) is 33.8 Å². The molecule has 0 aliphatic rings. The summed E-state index contributed by atoms with van der Waals surface area (Å²) in [6.07, 6.45) is -0.163. The van der Waals surface area contributed by atoms with Gasteiger partial charge < -0.3 is 10.2 Å². The molecule has 0 aliphatic heterocycles. The standard InChI is InChI=1S/C12H15BrF2N2O/c1-17(2)4-3-16-12(18)6-8-5-11(15)9(13)7-10(8)14/h5,7H,3-4,6H2,1-2H3,(H,16,18). The van der Waals surface area contributed by atoms with E-state index in [0.29, 0.717) is 13.1 Å². The summed E-state index contributed by atoms with van der Waals surface area (Å²) < 4.78 is 26.7. The fraction of sp³-hybridized carbons (Fsp3) is 0.417. The number of likely N-dealkylation sites (N-methyl/N-ethyl adjacent to an activating group) is 1. The number of carbonyl (C=O) groups is 1. The van der Waals surface area contributed by atoms with E-state index < -0.39 is 11.6 Å². The van der Waals surface area contributed by atoms with Gasteiger partial charge in [0.2, 0.25) is 5.91 Å². The molecule has 0 fully saturated rings. The molecule has 18 heavy (non-hydrogen) atoms. The third-order valence-electron chi connectivity index (χ3n) is 2.32. The Labute approximate surface area is 113 Å². The second-order valence-corrected chi connectivity index (χ2v) is 5.04. The van der Waals surface area contributed by atoms with E-state index >= 15 is 0 Å². The first-order valence-electron chi connectivity index (χ1n) is 5.45. The average molecular weight is 321 g/mol. The summed E-state index contributed by atoms with van der Waals surface area (Å²) in [5, 5.41) is 2.64. The first kappa shape index (κ1) is 15.0. The Bertz CT molecular complexity index is 438. The van der Waals surface area contributed by atoms with Crippen molar-refractivity contribution < 1.29 is 13.6 Å². The molecule has 1 amide bonds. The molecule has 100 valence electrons. The van der Waals surface area contributed by atoms with Crippen LogP contribution in [0.3, 0.4) is 0 Å². The molecule has 0 saturated heterocycles. The fourth-order valence-corrected chi connectivity index (χ4v) is 1.67. The van der Waals surface area contributed by atoms with Gasteiger partial charge in [0.1, 0.15) is 11.6 Å². The van der Waals surface area contributed by atoms with Crippen molar-refractivity contribution >= 4 is 21.8 Å². The summed E-state index contributed by atoms with van der Waals surface area (Å²) in [5.74, 6) is -1.49. The van der Waals surface area contributed by atoms with Crippen LogP contribution in [0.5, 0.6) is 0 Å². The van der Waals surface area contributed by atoms with Crippen LogP contribution in [0.2, 0.25) is 0 Å². The number of nitrogens with one attached hydrogen (secondary N) is 1. The molecule has 0 saturated carbocycles. The van der Waals surface area contributed by atoms with Crippen molar-refractivity contribution in [2.45, 2.75) is 6.42 Å². The summed E-state index contributed by atoms with van der Waals surface area (Å²) in [4.78, 5) is 13.4. The van der Waals surface area contributed by atoms with Crippen molar-refractivity contribution in [2.24, 2.45) is 0 Å². The monoisotopic (exact) mass is 320 g/mol. The highest BCUT2D eigenvalue weighted by Crippen LogP contribution is 2.20. The topological polar surface area (TPSA) is 32.3 Å². The van der Waals surface area contributed by atoms with E-state index in [2.05, 4.69) is 21.2 Å². The molecule has 0 atom stereocenters. The van der Waals surface area contributed by atoms with Crippen LogP contribution >= 0.6 is 15.9 Å². The van der Waals surface area contributed by atoms with Crippen LogP contribution in [-0.2, 0) is 11.2 Å². The van der Waals surface area contributed by atoms with Gasteiger partial charge in [-0.2, -0.15) is 0 Å². The maximum absolute atomic E-state index is 13.5. The summed E-state index contributed by atoms with van der Waals surface area (Å²) in [6, 6.07) is 2.06. The Kier molecular flexibility index (Phi) is 5.68. The highest BCUT2D eigenvalue weighted by Gasteiger charge is 2.11. The normalized spacial score (nSPS) is 10.8. The number of benzene rings is 1. The van der Waals surface area contributed by atoms with E-state index in [9.17, 15) is 13.6 Å². The highest BCUT2D eigenvalue weighted by molar-refractivity contribution is 9.10. The van der Waals surface area contributed by atoms with Crippen molar-refractivity contribution in [2.75, 3.05) is 27.2 Å². The predicted molar refractivity (Wildman–Crippen MR) is 69.3 cm³/mol. The van der Waals surface area contributed by atoms with E-state index in [1.54, 1.807) is 0 Å². The van der Waals surface area contributed by atoms with Gasteiger partial charge in [0.25, 0.3) is 0 Å². The van der Waals surface area contributed by atoms with E-state index in [-0.39, 0.29) is 22.4 Å². The van der Waals surface area contributed by atoms with E-state index in [1.165, 1.54) is 0 Å². The van der Waals surface area contributed by atoms with Gasteiger partial charge in [-0.1, -0.05) is 0 Å². The average Bonchev–Trinajstić information content (AvgIpc) is 2.25. The molecule has 1 N–H and O–H groups in total. The van der Waals surface area contributed by atoms with Gasteiger partial charge in [0.15, 0.2) is 0 Å². The molecule has 0 heterocycles. The Balaban J connectivity index is 2.57. The molecule has 1 aromatic carbocycles. The van der Waals surface area contributed by atoms with Crippen molar-refractivity contribution in [3.8, 4) is 0 Å². The number of carbonyl (C=O) groups excluding carboxylic acids is 1. The van der Waals surface area contributed by atoms with Crippen LogP contribution in [0, 0.1) is 11.6 Å². The molecular weight excluding hydrogens is 306 g/mol. The molecule has 0 spiro atoms. The summed E-state index contributed by atoms with van der Waals surface area (Å²) >= 11 is 2.88. The summed E-state index contributed by atoms with van der Waals surface area (Å²) in [6.45, 7) is 1.18. The maximum atomic E-state index is 13.5. The van der Waals surface area contributed by atoms with Crippen LogP contribution in [0.15, 0.2) is 16.6 Å². The first-order valence-corrected chi connectivity index (χ1v) is 6.24. The largest absolute Gasteiger partial charge is 0.355 e. The van der Waals surface area contributed by atoms with Crippen LogP contribution in [-0.4, -0.2) is 38.0 Å². The van der Waals surface area contributed by atoms with Crippen LogP contribution in [0.1, 0.15) is 5.56 Å². The van der Waals surface area contributed by atoms with Gasteiger partial charge in [0.05, 0.1) is 10.9 Å². The molecule has 0 bridgehead atoms. The lowest BCUT2D eigenvalue weighted by molar-refractivity contribution is -0.120. The minimum atomic E-state index is -0.592. The smallest absolute Gasteiger partial charge is 0.224 e. The van der Waals surface area contributed by atoms with Gasteiger partial charge in [-0.3, -0.25) is 4.79 Å². The van der Waals surface area contributed by atoms with Gasteiger partial charge in [-0.15, -0.1) is 0 Å². The Morgan fingerprint density at radius 2 is 2.00 bits per heavy atom. The Hall–Kier alpha value is -1.01. The molecule has 1 rings (SSSR count). The molecule has 0 radical (unpaired) electrons. The lowest BCUT2D eigenvalue weighted by Crippen LogP contribution is -2.32. The predicted octanol–water partition coefficient (Wildman–Crippen LogP) is 1.95. The molecule has 0 unspecified atom stereocenters. The fourth-order valence-electron chi connectivity index (χ4n) is 1.35. The van der Waals surface area contributed by atoms with E-state index in [0.717, 1.165) is 12.1 Å². The first-order chi connectivity index (χ1) is 8.40. The Morgan fingerprint density at radius 1 is 1.33 bits per heavy atom. The second-order valence-electron chi connectivity index (χ2n) is 4.19. The van der Waals surface area contributed by atoms with E-state index in [1.807, 2.05) is 19.0 Å². The maximum Gasteiger partial charge on any atom is 0.224 e. The number of amides is 1. The number of nitrogens with zero attached hydrogens (tertiary/aromatic N) is 1. The number of rotatable bonds is 5. The van der Waals surface area contributed by atoms with Crippen molar-refractivity contribution in [3.63, 3.8) is 0 Å². The number of hydrogen-bond acceptors (Lipinski definition) is 2. The van der Waals surface area contributed by atoms with Crippen molar-refractivity contribution in [1.29, 1.82) is 0 Å². The number of hydrogen-bond donors (Lipinski definition) is 1. The SMILES string of the molecule is CN(C)CCNC(=O)Cc1cc(F)c(Br)cc1F. The molecule has 0 aliphatic carbocycles. The summed E-state index contributed by atoms with van der Waals surface area (Å²) in [7, 11) is 3.77. The minimum Gasteiger partial charge on any atom is -0.355 e. The zero-order valence-electron chi connectivity index (χ0n) is 10.3. The lowest BCUT2D eigenvalue weighted by atomic mass is 10.1. The zero-order chi connectivity index (χ0) is 13.7. The minimum absolute atomic E-state index is 0.0526. The van der Waals surface area contributed by atoms with Crippen LogP contribution in [0.25, 0.3) is 0 Å². The third kappa shape index (κ3) is 4.70. The molecule has 0 aromatic heterocycles. The molecule has 6 heteroatoms. The van der Waals surface area contributed by atoms with Gasteiger partial charge >= 0.3 is 0 Å². The molecule has 1 aromatic rings. The summed E-state index contributed by atoms with van der Waals surface area (Å²) in [5.41, 5.74) is 0.0538. The third-order valence-corrected chi connectivity index (χ3v) is 2.93. The number of halogens is 3. The van der Waals surface area contributed by atoms with Crippen LogP contribution < -0.4 is 5.32 Å². The second kappa shape index (κ2) is 6.80. The zero-order valence-corrected chi connectivity index (χ0v) is 11.9. The van der Waals surface area contributed by atoms with Gasteiger partial charge in [0, 0.05) is 18.7 Å².